The summed E-state index contributed by atoms with van der Waals surface area (Å²) in [5, 5.41) is 4.55. The SMILES string of the molecule is CCOC(=O)c1c2cnccc2nn1Cl. The van der Waals surface area contributed by atoms with E-state index in [4.69, 9.17) is 16.5 Å². The van der Waals surface area contributed by atoms with Crippen LogP contribution in [0.2, 0.25) is 0 Å². The van der Waals surface area contributed by atoms with Crippen molar-refractivity contribution in [1.29, 1.82) is 0 Å². The fourth-order valence-corrected chi connectivity index (χ4v) is 1.53. The lowest BCUT2D eigenvalue weighted by atomic mass is 10.2. The summed E-state index contributed by atoms with van der Waals surface area (Å²) in [4.78, 5) is 15.5. The highest BCUT2D eigenvalue weighted by Crippen LogP contribution is 2.18. The molecule has 0 atom stereocenters. The zero-order valence-corrected chi connectivity index (χ0v) is 8.73. The monoisotopic (exact) mass is 225 g/mol. The maximum Gasteiger partial charge on any atom is 0.358 e. The van der Waals surface area contributed by atoms with Crippen LogP contribution in [0.15, 0.2) is 18.5 Å². The van der Waals surface area contributed by atoms with Crippen molar-refractivity contribution in [1.82, 2.24) is 14.3 Å². The minimum absolute atomic E-state index is 0.210. The number of ether oxygens (including phenoxy) is 1. The molecule has 0 aliphatic rings. The van der Waals surface area contributed by atoms with Gasteiger partial charge in [-0.25, -0.2) is 4.79 Å². The number of esters is 1. The lowest BCUT2D eigenvalue weighted by Crippen LogP contribution is -2.08. The van der Waals surface area contributed by atoms with Gasteiger partial charge in [-0.3, -0.25) is 4.98 Å². The molecule has 0 saturated carbocycles. The van der Waals surface area contributed by atoms with Gasteiger partial charge in [-0.2, -0.15) is 9.30 Å². The van der Waals surface area contributed by atoms with Gasteiger partial charge in [0, 0.05) is 24.2 Å². The van der Waals surface area contributed by atoms with Gasteiger partial charge in [0.2, 0.25) is 0 Å². The third-order valence-corrected chi connectivity index (χ3v) is 2.15. The molecule has 2 heterocycles. The van der Waals surface area contributed by atoms with E-state index < -0.39 is 5.97 Å². The van der Waals surface area contributed by atoms with Gasteiger partial charge in [-0.05, 0) is 13.0 Å². The second-order valence-electron chi connectivity index (χ2n) is 2.82. The summed E-state index contributed by atoms with van der Waals surface area (Å²) in [6.07, 6.45) is 3.12. The third-order valence-electron chi connectivity index (χ3n) is 1.90. The van der Waals surface area contributed by atoms with Crippen molar-refractivity contribution in [2.24, 2.45) is 0 Å². The van der Waals surface area contributed by atoms with Crippen molar-refractivity contribution in [3.63, 3.8) is 0 Å². The van der Waals surface area contributed by atoms with Gasteiger partial charge >= 0.3 is 5.97 Å². The molecule has 0 saturated heterocycles. The highest BCUT2D eigenvalue weighted by molar-refractivity contribution is 6.19. The molecule has 0 aromatic carbocycles. The molecule has 5 nitrogen and oxygen atoms in total. The number of aromatic nitrogens is 3. The van der Waals surface area contributed by atoms with Gasteiger partial charge in [0.15, 0.2) is 5.69 Å². The van der Waals surface area contributed by atoms with E-state index in [0.29, 0.717) is 17.5 Å². The van der Waals surface area contributed by atoms with Crippen LogP contribution < -0.4 is 0 Å². The molecule has 2 aromatic heterocycles. The molecule has 78 valence electrons. The Bertz CT molecular complexity index is 509. The molecule has 0 aliphatic heterocycles. The smallest absolute Gasteiger partial charge is 0.358 e. The van der Waals surface area contributed by atoms with Gasteiger partial charge < -0.3 is 4.74 Å². The van der Waals surface area contributed by atoms with Crippen LogP contribution in [0.5, 0.6) is 0 Å². The van der Waals surface area contributed by atoms with Crippen LogP contribution in [0.3, 0.4) is 0 Å². The lowest BCUT2D eigenvalue weighted by molar-refractivity contribution is 0.0520. The zero-order valence-electron chi connectivity index (χ0n) is 7.98. The lowest BCUT2D eigenvalue weighted by Gasteiger charge is -1.99. The molecule has 2 aromatic rings. The van der Waals surface area contributed by atoms with E-state index in [2.05, 4.69) is 10.1 Å². The predicted octanol–water partition coefficient (Wildman–Crippen LogP) is 1.61. The van der Waals surface area contributed by atoms with Gasteiger partial charge in [-0.15, -0.1) is 0 Å². The normalized spacial score (nSPS) is 10.5. The second-order valence-corrected chi connectivity index (χ2v) is 3.14. The predicted molar refractivity (Wildman–Crippen MR) is 54.7 cm³/mol. The number of pyridine rings is 1. The summed E-state index contributed by atoms with van der Waals surface area (Å²) in [6.45, 7) is 2.02. The molecular formula is C9H8ClN3O2. The van der Waals surface area contributed by atoms with Crippen molar-refractivity contribution >= 4 is 28.6 Å². The first kappa shape index (κ1) is 9.92. The van der Waals surface area contributed by atoms with Crippen LogP contribution in [0, 0.1) is 0 Å². The van der Waals surface area contributed by atoms with E-state index in [0.717, 1.165) is 4.20 Å². The number of rotatable bonds is 2. The summed E-state index contributed by atoms with van der Waals surface area (Å²) < 4.78 is 5.85. The largest absolute Gasteiger partial charge is 0.461 e. The molecule has 0 unspecified atom stereocenters. The fourth-order valence-electron chi connectivity index (χ4n) is 1.29. The molecule has 0 fully saturated rings. The van der Waals surface area contributed by atoms with E-state index in [1.807, 2.05) is 0 Å². The van der Waals surface area contributed by atoms with Crippen LogP contribution in [-0.2, 0) is 4.74 Å². The molecule has 0 spiro atoms. The van der Waals surface area contributed by atoms with Crippen LogP contribution in [0.4, 0.5) is 0 Å². The number of fused-ring (bicyclic) bond motifs is 1. The quantitative estimate of drug-likeness (QED) is 0.729. The van der Waals surface area contributed by atoms with Crippen LogP contribution in [0.1, 0.15) is 17.4 Å². The van der Waals surface area contributed by atoms with E-state index in [1.54, 1.807) is 19.2 Å². The summed E-state index contributed by atoms with van der Waals surface area (Å²) in [6, 6.07) is 1.68. The highest BCUT2D eigenvalue weighted by Gasteiger charge is 2.18. The minimum atomic E-state index is -0.497. The Morgan fingerprint density at radius 3 is 3.20 bits per heavy atom. The number of hydrogen-bond donors (Lipinski definition) is 0. The van der Waals surface area contributed by atoms with Crippen molar-refractivity contribution in [3.8, 4) is 0 Å². The standard InChI is InChI=1S/C9H8ClN3O2/c1-2-15-9(14)8-6-5-11-4-3-7(6)12-13(8)10/h3-5H,2H2,1H3. The first-order valence-electron chi connectivity index (χ1n) is 4.40. The number of hydrogen-bond acceptors (Lipinski definition) is 4. The maximum atomic E-state index is 11.5. The Morgan fingerprint density at radius 2 is 2.47 bits per heavy atom. The molecule has 0 aliphatic carbocycles. The van der Waals surface area contributed by atoms with Crippen LogP contribution >= 0.6 is 11.8 Å². The summed E-state index contributed by atoms with van der Waals surface area (Å²) >= 11 is 5.78. The summed E-state index contributed by atoms with van der Waals surface area (Å²) in [5.74, 6) is -0.497. The van der Waals surface area contributed by atoms with Crippen LogP contribution in [-0.4, -0.2) is 26.9 Å². The maximum absolute atomic E-state index is 11.5. The van der Waals surface area contributed by atoms with E-state index in [-0.39, 0.29) is 5.69 Å². The average molecular weight is 226 g/mol. The summed E-state index contributed by atoms with van der Waals surface area (Å²) in [7, 11) is 0. The molecular weight excluding hydrogens is 218 g/mol. The third kappa shape index (κ3) is 1.66. The minimum Gasteiger partial charge on any atom is -0.461 e. The van der Waals surface area contributed by atoms with Gasteiger partial charge in [-0.1, -0.05) is 0 Å². The van der Waals surface area contributed by atoms with Gasteiger partial charge in [0.1, 0.15) is 0 Å². The molecule has 2 rings (SSSR count). The molecule has 0 bridgehead atoms. The number of nitrogens with zero attached hydrogens (tertiary/aromatic N) is 3. The first-order valence-corrected chi connectivity index (χ1v) is 4.74. The average Bonchev–Trinajstić information content (AvgIpc) is 2.54. The second kappa shape index (κ2) is 3.86. The number of carbonyl (C=O) groups is 1. The molecule has 15 heavy (non-hydrogen) atoms. The van der Waals surface area contributed by atoms with E-state index >= 15 is 0 Å². The Morgan fingerprint density at radius 1 is 1.67 bits per heavy atom. The Kier molecular flexibility index (Phi) is 2.55. The molecule has 0 radical (unpaired) electrons. The molecule has 6 heteroatoms. The Labute approximate surface area is 90.7 Å². The topological polar surface area (TPSA) is 57.0 Å². The summed E-state index contributed by atoms with van der Waals surface area (Å²) in [5.41, 5.74) is 0.824. The Balaban J connectivity index is 2.58. The molecule has 0 amide bonds. The van der Waals surface area contributed by atoms with Crippen molar-refractivity contribution in [3.05, 3.63) is 24.2 Å². The van der Waals surface area contributed by atoms with Gasteiger partial charge in [0.05, 0.1) is 17.5 Å². The fraction of sp³-hybridized carbons (Fsp3) is 0.222. The van der Waals surface area contributed by atoms with Crippen molar-refractivity contribution in [2.75, 3.05) is 6.61 Å². The molecule has 0 N–H and O–H groups in total. The van der Waals surface area contributed by atoms with E-state index in [9.17, 15) is 4.79 Å². The number of halogens is 1. The van der Waals surface area contributed by atoms with E-state index in [1.165, 1.54) is 6.20 Å². The van der Waals surface area contributed by atoms with Crippen LogP contribution in [0.25, 0.3) is 10.9 Å². The van der Waals surface area contributed by atoms with Gasteiger partial charge in [0.25, 0.3) is 0 Å². The Hall–Kier alpha value is -1.62. The van der Waals surface area contributed by atoms with Crippen molar-refractivity contribution < 1.29 is 9.53 Å². The van der Waals surface area contributed by atoms with Crippen molar-refractivity contribution in [2.45, 2.75) is 6.92 Å². The first-order chi connectivity index (χ1) is 7.24. The zero-order chi connectivity index (χ0) is 10.8. The number of carbonyl (C=O) groups excluding carboxylic acids is 1. The highest BCUT2D eigenvalue weighted by atomic mass is 35.5.